The number of amides is 1. The minimum absolute atomic E-state index is 0.0454. The molecule has 0 aliphatic carbocycles. The van der Waals surface area contributed by atoms with E-state index in [-0.39, 0.29) is 10.6 Å². The van der Waals surface area contributed by atoms with Gasteiger partial charge in [0.1, 0.15) is 12.2 Å². The van der Waals surface area contributed by atoms with E-state index in [1.54, 1.807) is 61.1 Å². The molecular weight excluding hydrogens is 526 g/mol. The van der Waals surface area contributed by atoms with Crippen molar-refractivity contribution in [2.75, 3.05) is 10.8 Å². The fourth-order valence-electron chi connectivity index (χ4n) is 4.55. The molecule has 1 aromatic heterocycles. The first-order chi connectivity index (χ1) is 19.3. The quantitative estimate of drug-likeness (QED) is 0.232. The number of rotatable bonds is 8. The van der Waals surface area contributed by atoms with Gasteiger partial charge in [0.2, 0.25) is 0 Å². The summed E-state index contributed by atoms with van der Waals surface area (Å²) in [4.78, 5) is 26.8. The van der Waals surface area contributed by atoms with Crippen molar-refractivity contribution in [1.82, 2.24) is 14.8 Å². The zero-order valence-electron chi connectivity index (χ0n) is 21.9. The Labute approximate surface area is 231 Å². The van der Waals surface area contributed by atoms with E-state index >= 15 is 0 Å². The summed E-state index contributed by atoms with van der Waals surface area (Å²) < 4.78 is 31.4. The van der Waals surface area contributed by atoms with E-state index in [2.05, 4.69) is 10.5 Å². The van der Waals surface area contributed by atoms with Crippen LogP contribution in [0.4, 0.5) is 5.69 Å². The molecule has 1 heterocycles. The topological polar surface area (TPSA) is 106 Å². The van der Waals surface area contributed by atoms with Crippen LogP contribution >= 0.6 is 0 Å². The lowest BCUT2D eigenvalue weighted by molar-refractivity contribution is -0.119. The fourth-order valence-corrected chi connectivity index (χ4v) is 6.04. The number of sulfonamides is 1. The molecule has 0 saturated carbocycles. The largest absolute Gasteiger partial charge is 0.296 e. The Kier molecular flexibility index (Phi) is 7.35. The van der Waals surface area contributed by atoms with E-state index in [1.807, 2.05) is 48.5 Å². The van der Waals surface area contributed by atoms with Crippen molar-refractivity contribution in [2.45, 2.75) is 11.8 Å². The highest BCUT2D eigenvalue weighted by atomic mass is 32.2. The summed E-state index contributed by atoms with van der Waals surface area (Å²) in [5, 5.41) is 6.05. The first-order valence-corrected chi connectivity index (χ1v) is 13.9. The van der Waals surface area contributed by atoms with Gasteiger partial charge in [-0.3, -0.25) is 14.3 Å². The third kappa shape index (κ3) is 5.04. The highest BCUT2D eigenvalue weighted by molar-refractivity contribution is 7.92. The molecule has 5 rings (SSSR count). The van der Waals surface area contributed by atoms with Gasteiger partial charge in [-0.1, -0.05) is 78.9 Å². The Hall–Kier alpha value is -4.96. The summed E-state index contributed by atoms with van der Waals surface area (Å²) in [6, 6.07) is 30.1. The Morgan fingerprint density at radius 1 is 0.900 bits per heavy atom. The Balaban J connectivity index is 1.51. The molecule has 202 valence electrons. The smallest absolute Gasteiger partial charge is 0.283 e. The highest BCUT2D eigenvalue weighted by Crippen LogP contribution is 2.25. The first-order valence-electron chi connectivity index (χ1n) is 12.5. The Bertz CT molecular complexity index is 1870. The molecule has 1 amide bonds. The number of para-hydroxylation sites is 1. The van der Waals surface area contributed by atoms with Crippen LogP contribution in [0.1, 0.15) is 11.3 Å². The standard InChI is InChI=1S/C30H27N5O4S/c1-22-29(30(37)35(33(22)2)25-15-5-3-6-16-25)34(40(38,39)26-17-7-4-8-18-26)21-28(36)32-31-20-24-14-11-13-23-12-9-10-19-27(23)24/h3-20H,21H2,1-2H3,(H,32,36). The first kappa shape index (κ1) is 26.6. The van der Waals surface area contributed by atoms with E-state index in [9.17, 15) is 18.0 Å². The molecule has 0 spiro atoms. The van der Waals surface area contributed by atoms with Gasteiger partial charge in [-0.15, -0.1) is 0 Å². The van der Waals surface area contributed by atoms with Crippen molar-refractivity contribution in [2.24, 2.45) is 12.1 Å². The molecule has 0 unspecified atom stereocenters. The van der Waals surface area contributed by atoms with Gasteiger partial charge in [-0.2, -0.15) is 5.10 Å². The molecule has 0 saturated heterocycles. The van der Waals surface area contributed by atoms with Crippen LogP contribution in [0.3, 0.4) is 0 Å². The summed E-state index contributed by atoms with van der Waals surface area (Å²) in [6.45, 7) is 0.985. The van der Waals surface area contributed by atoms with Crippen LogP contribution in [0.15, 0.2) is 118 Å². The summed E-state index contributed by atoms with van der Waals surface area (Å²) in [6.07, 6.45) is 1.51. The van der Waals surface area contributed by atoms with Gasteiger partial charge in [0.25, 0.3) is 21.5 Å². The van der Waals surface area contributed by atoms with Crippen molar-refractivity contribution in [3.63, 3.8) is 0 Å². The maximum absolute atomic E-state index is 13.8. The second kappa shape index (κ2) is 11.0. The molecule has 0 fully saturated rings. The van der Waals surface area contributed by atoms with Gasteiger partial charge in [-0.05, 0) is 42.0 Å². The number of hydrazone groups is 1. The number of anilines is 1. The lowest BCUT2D eigenvalue weighted by atomic mass is 10.1. The molecular formula is C30H27N5O4S. The van der Waals surface area contributed by atoms with Crippen LogP contribution in [-0.2, 0) is 21.9 Å². The summed E-state index contributed by atoms with van der Waals surface area (Å²) in [5.74, 6) is -0.704. The number of aromatic nitrogens is 2. The molecule has 40 heavy (non-hydrogen) atoms. The van der Waals surface area contributed by atoms with Crippen LogP contribution in [-0.4, -0.2) is 36.4 Å². The third-order valence-electron chi connectivity index (χ3n) is 6.61. The van der Waals surface area contributed by atoms with Crippen molar-refractivity contribution >= 4 is 38.6 Å². The van der Waals surface area contributed by atoms with E-state index in [1.165, 1.54) is 23.0 Å². The SMILES string of the molecule is Cc1c(N(CC(=O)NN=Cc2cccc3ccccc23)S(=O)(=O)c2ccccc2)c(=O)n(-c2ccccc2)n1C. The zero-order chi connectivity index (χ0) is 28.3. The predicted octanol–water partition coefficient (Wildman–Crippen LogP) is 3.98. The average molecular weight is 554 g/mol. The van der Waals surface area contributed by atoms with Crippen LogP contribution in [0.2, 0.25) is 0 Å². The summed E-state index contributed by atoms with van der Waals surface area (Å²) >= 11 is 0. The summed E-state index contributed by atoms with van der Waals surface area (Å²) in [7, 11) is -2.63. The number of fused-ring (bicyclic) bond motifs is 1. The number of carbonyl (C=O) groups is 1. The highest BCUT2D eigenvalue weighted by Gasteiger charge is 2.33. The number of nitrogens with zero attached hydrogens (tertiary/aromatic N) is 4. The average Bonchev–Trinajstić information content (AvgIpc) is 3.19. The molecule has 0 atom stereocenters. The maximum Gasteiger partial charge on any atom is 0.296 e. The number of nitrogens with one attached hydrogen (secondary N) is 1. The minimum atomic E-state index is -4.29. The molecule has 0 aliphatic rings. The number of benzene rings is 4. The number of carbonyl (C=O) groups excluding carboxylic acids is 1. The fraction of sp³-hybridized carbons (Fsp3) is 0.100. The van der Waals surface area contributed by atoms with Crippen molar-refractivity contribution in [3.05, 3.63) is 125 Å². The predicted molar refractivity (Wildman–Crippen MR) is 156 cm³/mol. The van der Waals surface area contributed by atoms with Crippen molar-refractivity contribution < 1.29 is 13.2 Å². The molecule has 0 bridgehead atoms. The summed E-state index contributed by atoms with van der Waals surface area (Å²) in [5.41, 5.74) is 3.45. The van der Waals surface area contributed by atoms with Gasteiger partial charge < -0.3 is 0 Å². The molecule has 9 nitrogen and oxygen atoms in total. The van der Waals surface area contributed by atoms with E-state index in [0.717, 1.165) is 20.6 Å². The second-order valence-electron chi connectivity index (χ2n) is 9.10. The van der Waals surface area contributed by atoms with Gasteiger partial charge in [-0.25, -0.2) is 22.8 Å². The van der Waals surface area contributed by atoms with E-state index in [4.69, 9.17) is 0 Å². The van der Waals surface area contributed by atoms with Crippen molar-refractivity contribution in [3.8, 4) is 5.69 Å². The molecule has 0 aliphatic heterocycles. The van der Waals surface area contributed by atoms with Crippen LogP contribution < -0.4 is 15.3 Å². The lowest BCUT2D eigenvalue weighted by Gasteiger charge is -2.22. The molecule has 0 radical (unpaired) electrons. The normalized spacial score (nSPS) is 11.7. The molecule has 5 aromatic rings. The van der Waals surface area contributed by atoms with Crippen LogP contribution in [0.25, 0.3) is 16.5 Å². The third-order valence-corrected chi connectivity index (χ3v) is 8.37. The van der Waals surface area contributed by atoms with Gasteiger partial charge in [0.05, 0.1) is 22.5 Å². The second-order valence-corrected chi connectivity index (χ2v) is 11.0. The minimum Gasteiger partial charge on any atom is -0.283 e. The van der Waals surface area contributed by atoms with E-state index < -0.39 is 28.0 Å². The number of hydrogen-bond acceptors (Lipinski definition) is 5. The Morgan fingerprint density at radius 2 is 1.52 bits per heavy atom. The number of hydrogen-bond donors (Lipinski definition) is 1. The maximum atomic E-state index is 13.8. The van der Waals surface area contributed by atoms with Gasteiger partial charge in [0.15, 0.2) is 0 Å². The van der Waals surface area contributed by atoms with Gasteiger partial charge >= 0.3 is 0 Å². The molecule has 4 aromatic carbocycles. The van der Waals surface area contributed by atoms with Crippen molar-refractivity contribution in [1.29, 1.82) is 0 Å². The van der Waals surface area contributed by atoms with Gasteiger partial charge in [0, 0.05) is 12.6 Å². The lowest BCUT2D eigenvalue weighted by Crippen LogP contribution is -2.42. The van der Waals surface area contributed by atoms with Crippen LogP contribution in [0, 0.1) is 6.92 Å². The molecule has 1 N–H and O–H groups in total. The molecule has 10 heteroatoms. The Morgan fingerprint density at radius 3 is 2.25 bits per heavy atom. The van der Waals surface area contributed by atoms with Crippen LogP contribution in [0.5, 0.6) is 0 Å². The monoisotopic (exact) mass is 553 g/mol. The van der Waals surface area contributed by atoms with E-state index in [0.29, 0.717) is 11.4 Å². The zero-order valence-corrected chi connectivity index (χ0v) is 22.7.